The topological polar surface area (TPSA) is 29.5 Å². The minimum absolute atomic E-state index is 0.279. The molecule has 0 aromatic rings. The molecule has 0 aromatic carbocycles. The number of hydrogen-bond donors (Lipinski definition) is 1. The molecule has 0 aliphatic heterocycles. The quantitative estimate of drug-likeness (QED) is 0.683. The third-order valence-electron chi connectivity index (χ3n) is 1.87. The molecule has 1 aliphatic carbocycles. The van der Waals surface area contributed by atoms with Gasteiger partial charge in [0.15, 0.2) is 5.76 Å². The van der Waals surface area contributed by atoms with E-state index in [1.807, 2.05) is 25.2 Å². The molecule has 0 saturated heterocycles. The lowest BCUT2D eigenvalue weighted by Gasteiger charge is -2.13. The van der Waals surface area contributed by atoms with E-state index in [0.29, 0.717) is 5.76 Å². The van der Waals surface area contributed by atoms with Gasteiger partial charge in [-0.25, -0.2) is 0 Å². The van der Waals surface area contributed by atoms with Crippen molar-refractivity contribution in [2.24, 2.45) is 0 Å². The van der Waals surface area contributed by atoms with Gasteiger partial charge in [0.05, 0.1) is 7.11 Å². The Balaban J connectivity index is 2.89. The second-order valence-corrected chi connectivity index (χ2v) is 2.67. The Bertz CT molecular complexity index is 247. The maximum absolute atomic E-state index is 9.59. The third-order valence-corrected chi connectivity index (χ3v) is 1.87. The summed E-state index contributed by atoms with van der Waals surface area (Å²) in [6, 6.07) is 0. The average molecular weight is 166 g/mol. The molecule has 0 fully saturated rings. The van der Waals surface area contributed by atoms with Crippen LogP contribution in [-0.4, -0.2) is 12.2 Å². The van der Waals surface area contributed by atoms with Gasteiger partial charge < -0.3 is 9.84 Å². The Morgan fingerprint density at radius 1 is 1.58 bits per heavy atom. The van der Waals surface area contributed by atoms with Crippen LogP contribution in [0.25, 0.3) is 0 Å². The van der Waals surface area contributed by atoms with E-state index in [1.165, 1.54) is 0 Å². The summed E-state index contributed by atoms with van der Waals surface area (Å²) in [5.74, 6) is 0.965. The number of aliphatic hydroxyl groups excluding tert-OH is 1. The predicted octanol–water partition coefficient (Wildman–Crippen LogP) is 2.70. The first-order chi connectivity index (χ1) is 5.79. The lowest BCUT2D eigenvalue weighted by molar-refractivity contribution is 0.243. The first-order valence-electron chi connectivity index (χ1n) is 4.09. The molecule has 0 radical (unpaired) electrons. The Labute approximate surface area is 72.9 Å². The molecule has 0 bridgehead atoms. The van der Waals surface area contributed by atoms with E-state index in [-0.39, 0.29) is 5.76 Å². The van der Waals surface area contributed by atoms with Crippen LogP contribution in [0.15, 0.2) is 35.3 Å². The van der Waals surface area contributed by atoms with E-state index >= 15 is 0 Å². The summed E-state index contributed by atoms with van der Waals surface area (Å²) in [5, 5.41) is 9.59. The molecule has 1 aliphatic rings. The molecule has 0 heterocycles. The molecular formula is C10H14O2. The molecular weight excluding hydrogens is 152 g/mol. The lowest BCUT2D eigenvalue weighted by Crippen LogP contribution is -2.01. The van der Waals surface area contributed by atoms with E-state index in [0.717, 1.165) is 18.4 Å². The molecule has 1 rings (SSSR count). The highest BCUT2D eigenvalue weighted by Gasteiger charge is 2.12. The Morgan fingerprint density at radius 2 is 2.33 bits per heavy atom. The summed E-state index contributed by atoms with van der Waals surface area (Å²) < 4.78 is 5.03. The predicted molar refractivity (Wildman–Crippen MR) is 48.8 cm³/mol. The van der Waals surface area contributed by atoms with Crippen molar-refractivity contribution in [3.8, 4) is 0 Å². The first kappa shape index (κ1) is 8.91. The molecule has 66 valence electrons. The summed E-state index contributed by atoms with van der Waals surface area (Å²) in [5.41, 5.74) is 0.862. The standard InChI is InChI=1S/C10H14O2/c1-3-5-8-6-4-7-9(12-2)10(8)11/h3,5-6,11H,4,7H2,1-2H3. The van der Waals surface area contributed by atoms with Crippen LogP contribution in [0.2, 0.25) is 0 Å². The van der Waals surface area contributed by atoms with Crippen molar-refractivity contribution in [2.75, 3.05) is 7.11 Å². The zero-order valence-electron chi connectivity index (χ0n) is 7.50. The van der Waals surface area contributed by atoms with Crippen LogP contribution in [0.4, 0.5) is 0 Å². The van der Waals surface area contributed by atoms with Crippen LogP contribution < -0.4 is 0 Å². The van der Waals surface area contributed by atoms with Crippen molar-refractivity contribution in [1.29, 1.82) is 0 Å². The van der Waals surface area contributed by atoms with Gasteiger partial charge in [-0.3, -0.25) is 0 Å². The third kappa shape index (κ3) is 1.70. The molecule has 2 nitrogen and oxygen atoms in total. The fourth-order valence-corrected chi connectivity index (χ4v) is 1.26. The van der Waals surface area contributed by atoms with Gasteiger partial charge in [0.2, 0.25) is 0 Å². The van der Waals surface area contributed by atoms with Gasteiger partial charge in [-0.05, 0) is 13.3 Å². The molecule has 0 aromatic heterocycles. The summed E-state index contributed by atoms with van der Waals surface area (Å²) >= 11 is 0. The number of rotatable bonds is 2. The van der Waals surface area contributed by atoms with Crippen molar-refractivity contribution < 1.29 is 9.84 Å². The van der Waals surface area contributed by atoms with Crippen molar-refractivity contribution >= 4 is 0 Å². The second kappa shape index (κ2) is 4.00. The number of hydrogen-bond acceptors (Lipinski definition) is 2. The van der Waals surface area contributed by atoms with E-state index in [2.05, 4.69) is 0 Å². The minimum atomic E-state index is 0.279. The zero-order chi connectivity index (χ0) is 8.97. The smallest absolute Gasteiger partial charge is 0.160 e. The number of ether oxygens (including phenoxy) is 1. The molecule has 0 spiro atoms. The molecule has 1 N–H and O–H groups in total. The highest BCUT2D eigenvalue weighted by atomic mass is 16.5. The van der Waals surface area contributed by atoms with Crippen LogP contribution >= 0.6 is 0 Å². The molecule has 2 heteroatoms. The van der Waals surface area contributed by atoms with Gasteiger partial charge in [0.1, 0.15) is 5.76 Å². The van der Waals surface area contributed by atoms with Gasteiger partial charge in [0.25, 0.3) is 0 Å². The fraction of sp³-hybridized carbons (Fsp3) is 0.400. The summed E-state index contributed by atoms with van der Waals surface area (Å²) in [6.45, 7) is 1.93. The Morgan fingerprint density at radius 3 is 2.92 bits per heavy atom. The van der Waals surface area contributed by atoms with Gasteiger partial charge >= 0.3 is 0 Å². The van der Waals surface area contributed by atoms with Crippen molar-refractivity contribution in [2.45, 2.75) is 19.8 Å². The maximum atomic E-state index is 9.59. The Hall–Kier alpha value is -1.18. The molecule has 0 atom stereocenters. The van der Waals surface area contributed by atoms with Crippen LogP contribution in [0.5, 0.6) is 0 Å². The molecule has 0 saturated carbocycles. The van der Waals surface area contributed by atoms with Crippen LogP contribution in [-0.2, 0) is 4.74 Å². The van der Waals surface area contributed by atoms with Gasteiger partial charge in [-0.15, -0.1) is 0 Å². The summed E-state index contributed by atoms with van der Waals surface area (Å²) in [4.78, 5) is 0. The average Bonchev–Trinajstić information content (AvgIpc) is 2.09. The maximum Gasteiger partial charge on any atom is 0.160 e. The van der Waals surface area contributed by atoms with Crippen LogP contribution in [0.1, 0.15) is 19.8 Å². The number of methoxy groups -OCH3 is 1. The highest BCUT2D eigenvalue weighted by Crippen LogP contribution is 2.24. The van der Waals surface area contributed by atoms with Crippen molar-refractivity contribution in [3.05, 3.63) is 35.3 Å². The number of aliphatic hydroxyl groups is 1. The fourth-order valence-electron chi connectivity index (χ4n) is 1.26. The zero-order valence-corrected chi connectivity index (χ0v) is 7.50. The van der Waals surface area contributed by atoms with E-state index in [4.69, 9.17) is 4.74 Å². The Kier molecular flexibility index (Phi) is 2.97. The molecule has 0 amide bonds. The highest BCUT2D eigenvalue weighted by molar-refractivity contribution is 5.39. The largest absolute Gasteiger partial charge is 0.504 e. The normalized spacial score (nSPS) is 18.3. The van der Waals surface area contributed by atoms with Gasteiger partial charge in [-0.2, -0.15) is 0 Å². The van der Waals surface area contributed by atoms with Crippen LogP contribution in [0.3, 0.4) is 0 Å². The lowest BCUT2D eigenvalue weighted by atomic mass is 10.0. The molecule has 0 unspecified atom stereocenters. The second-order valence-electron chi connectivity index (χ2n) is 2.67. The van der Waals surface area contributed by atoms with E-state index in [1.54, 1.807) is 7.11 Å². The molecule has 12 heavy (non-hydrogen) atoms. The van der Waals surface area contributed by atoms with Gasteiger partial charge in [0, 0.05) is 12.0 Å². The first-order valence-corrected chi connectivity index (χ1v) is 4.09. The van der Waals surface area contributed by atoms with Crippen molar-refractivity contribution in [3.63, 3.8) is 0 Å². The summed E-state index contributed by atoms with van der Waals surface area (Å²) in [6.07, 6.45) is 7.53. The monoisotopic (exact) mass is 166 g/mol. The summed E-state index contributed by atoms with van der Waals surface area (Å²) in [7, 11) is 1.59. The van der Waals surface area contributed by atoms with Crippen molar-refractivity contribution in [1.82, 2.24) is 0 Å². The minimum Gasteiger partial charge on any atom is -0.504 e. The number of allylic oxidation sites excluding steroid dienone is 4. The van der Waals surface area contributed by atoms with E-state index in [9.17, 15) is 5.11 Å². The van der Waals surface area contributed by atoms with Gasteiger partial charge in [-0.1, -0.05) is 18.2 Å². The SMILES string of the molecule is CC=CC1=CCCC(OC)=C1O. The van der Waals surface area contributed by atoms with Crippen LogP contribution in [0, 0.1) is 0 Å². The van der Waals surface area contributed by atoms with E-state index < -0.39 is 0 Å².